The molecule has 1 saturated carbocycles. The third-order valence-corrected chi connectivity index (χ3v) is 4.94. The van der Waals surface area contributed by atoms with Crippen molar-refractivity contribution in [3.8, 4) is 0 Å². The van der Waals surface area contributed by atoms with Crippen LogP contribution in [0.5, 0.6) is 0 Å². The molecular weight excluding hydrogens is 234 g/mol. The second-order valence-corrected chi connectivity index (χ2v) is 6.26. The second kappa shape index (κ2) is 6.10. The van der Waals surface area contributed by atoms with E-state index < -0.39 is 5.97 Å². The third-order valence-electron chi connectivity index (χ3n) is 4.34. The van der Waals surface area contributed by atoms with E-state index in [1.807, 2.05) is 11.8 Å². The number of thioether (sulfide) groups is 1. The predicted octanol–water partition coefficient (Wildman–Crippen LogP) is 2.46. The number of likely N-dealkylation sites (tertiary alicyclic amines) is 1. The van der Waals surface area contributed by atoms with Gasteiger partial charge >= 0.3 is 5.97 Å². The molecule has 0 radical (unpaired) electrons. The van der Waals surface area contributed by atoms with Gasteiger partial charge in [0, 0.05) is 18.3 Å². The molecule has 3 atom stereocenters. The van der Waals surface area contributed by atoms with Crippen molar-refractivity contribution in [1.82, 2.24) is 4.90 Å². The number of fused-ring (bicyclic) bond motifs is 1. The average molecular weight is 257 g/mol. The summed E-state index contributed by atoms with van der Waals surface area (Å²) in [6, 6.07) is 0.326. The Hall–Kier alpha value is -0.220. The molecule has 1 aliphatic heterocycles. The van der Waals surface area contributed by atoms with E-state index in [0.717, 1.165) is 31.1 Å². The molecule has 4 heteroatoms. The van der Waals surface area contributed by atoms with E-state index in [4.69, 9.17) is 0 Å². The van der Waals surface area contributed by atoms with Crippen molar-refractivity contribution in [2.75, 3.05) is 18.6 Å². The van der Waals surface area contributed by atoms with Gasteiger partial charge in [-0.3, -0.25) is 9.69 Å². The first kappa shape index (κ1) is 13.2. The molecule has 0 aromatic heterocycles. The van der Waals surface area contributed by atoms with Gasteiger partial charge in [0.1, 0.15) is 6.04 Å². The van der Waals surface area contributed by atoms with Crippen LogP contribution in [0.4, 0.5) is 0 Å². The Bertz CT molecular complexity index is 272. The summed E-state index contributed by atoms with van der Waals surface area (Å²) in [6.45, 7) is 0.944. The Balaban J connectivity index is 2.07. The van der Waals surface area contributed by atoms with Gasteiger partial charge in [0.2, 0.25) is 0 Å². The van der Waals surface area contributed by atoms with Crippen LogP contribution in [0, 0.1) is 5.92 Å². The topological polar surface area (TPSA) is 40.5 Å². The highest BCUT2D eigenvalue weighted by atomic mass is 32.2. The van der Waals surface area contributed by atoms with Crippen molar-refractivity contribution >= 4 is 17.7 Å². The Morgan fingerprint density at radius 2 is 2.06 bits per heavy atom. The molecule has 3 nitrogen and oxygen atoms in total. The molecule has 0 spiro atoms. The van der Waals surface area contributed by atoms with E-state index in [2.05, 4.69) is 11.2 Å². The van der Waals surface area contributed by atoms with Crippen LogP contribution < -0.4 is 0 Å². The Morgan fingerprint density at radius 3 is 2.76 bits per heavy atom. The van der Waals surface area contributed by atoms with Gasteiger partial charge in [0.15, 0.2) is 0 Å². The largest absolute Gasteiger partial charge is 0.480 e. The highest BCUT2D eigenvalue weighted by molar-refractivity contribution is 7.98. The van der Waals surface area contributed by atoms with Crippen LogP contribution in [-0.4, -0.2) is 46.6 Å². The fourth-order valence-electron chi connectivity index (χ4n) is 3.51. The molecule has 98 valence electrons. The minimum Gasteiger partial charge on any atom is -0.480 e. The summed E-state index contributed by atoms with van der Waals surface area (Å²) in [7, 11) is 0. The second-order valence-electron chi connectivity index (χ2n) is 5.27. The molecule has 0 aromatic carbocycles. The quantitative estimate of drug-likeness (QED) is 0.840. The van der Waals surface area contributed by atoms with Gasteiger partial charge in [-0.25, -0.2) is 0 Å². The zero-order valence-corrected chi connectivity index (χ0v) is 11.4. The highest BCUT2D eigenvalue weighted by Crippen LogP contribution is 2.37. The van der Waals surface area contributed by atoms with Crippen molar-refractivity contribution in [1.29, 1.82) is 0 Å². The maximum absolute atomic E-state index is 11.4. The summed E-state index contributed by atoms with van der Waals surface area (Å²) < 4.78 is 0. The van der Waals surface area contributed by atoms with Gasteiger partial charge in [-0.05, 0) is 37.9 Å². The van der Waals surface area contributed by atoms with Gasteiger partial charge in [0.25, 0.3) is 0 Å². The summed E-state index contributed by atoms with van der Waals surface area (Å²) in [5.41, 5.74) is 0. The first-order valence-corrected chi connectivity index (χ1v) is 8.11. The number of hydrogen-bond donors (Lipinski definition) is 1. The van der Waals surface area contributed by atoms with Crippen molar-refractivity contribution < 1.29 is 9.90 Å². The summed E-state index contributed by atoms with van der Waals surface area (Å²) >= 11 is 1.81. The molecule has 0 bridgehead atoms. The zero-order chi connectivity index (χ0) is 12.3. The molecule has 3 unspecified atom stereocenters. The van der Waals surface area contributed by atoms with Crippen LogP contribution in [0.25, 0.3) is 0 Å². The predicted molar refractivity (Wildman–Crippen MR) is 71.5 cm³/mol. The van der Waals surface area contributed by atoms with Gasteiger partial charge in [-0.15, -0.1) is 0 Å². The van der Waals surface area contributed by atoms with Crippen LogP contribution in [0.2, 0.25) is 0 Å². The number of aliphatic carboxylic acids is 1. The van der Waals surface area contributed by atoms with Gasteiger partial charge < -0.3 is 5.11 Å². The maximum Gasteiger partial charge on any atom is 0.320 e. The van der Waals surface area contributed by atoms with E-state index in [1.165, 1.54) is 25.7 Å². The van der Waals surface area contributed by atoms with Gasteiger partial charge in [0.05, 0.1) is 0 Å². The van der Waals surface area contributed by atoms with Crippen LogP contribution >= 0.6 is 11.8 Å². The minimum absolute atomic E-state index is 0.221. The lowest BCUT2D eigenvalue weighted by atomic mass is 9.76. The lowest BCUT2D eigenvalue weighted by Crippen LogP contribution is -2.55. The molecule has 2 aliphatic rings. The molecule has 0 amide bonds. The highest BCUT2D eigenvalue weighted by Gasteiger charge is 2.40. The van der Waals surface area contributed by atoms with E-state index in [1.54, 1.807) is 0 Å². The van der Waals surface area contributed by atoms with Crippen molar-refractivity contribution in [2.24, 2.45) is 5.92 Å². The number of carboxylic acid groups (broad SMARTS) is 1. The number of piperidine rings is 1. The lowest BCUT2D eigenvalue weighted by Gasteiger charge is -2.47. The molecule has 1 aliphatic carbocycles. The standard InChI is InChI=1S/C13H23NO2S/c1-17-9-8-14-11-5-3-2-4-10(11)6-7-12(14)13(15)16/h10-12H,2-9H2,1H3,(H,15,16). The SMILES string of the molecule is CSCCN1C(C(=O)O)CCC2CCCCC21. The molecule has 2 rings (SSSR count). The molecule has 17 heavy (non-hydrogen) atoms. The molecular formula is C13H23NO2S. The Labute approximate surface area is 108 Å². The lowest BCUT2D eigenvalue weighted by molar-refractivity contribution is -0.147. The molecule has 1 saturated heterocycles. The van der Waals surface area contributed by atoms with Crippen molar-refractivity contribution in [3.05, 3.63) is 0 Å². The first-order valence-electron chi connectivity index (χ1n) is 6.71. The van der Waals surface area contributed by atoms with Crippen LogP contribution in [0.1, 0.15) is 38.5 Å². The first-order chi connectivity index (χ1) is 8.24. The number of rotatable bonds is 4. The monoisotopic (exact) mass is 257 g/mol. The summed E-state index contributed by atoms with van der Waals surface area (Å²) in [5.74, 6) is 1.20. The molecule has 1 heterocycles. The van der Waals surface area contributed by atoms with E-state index >= 15 is 0 Å². The number of nitrogens with zero attached hydrogens (tertiary/aromatic N) is 1. The fourth-order valence-corrected chi connectivity index (χ4v) is 3.91. The maximum atomic E-state index is 11.4. The smallest absolute Gasteiger partial charge is 0.320 e. The summed E-state index contributed by atoms with van der Waals surface area (Å²) in [6.07, 6.45) is 9.22. The summed E-state index contributed by atoms with van der Waals surface area (Å²) in [4.78, 5) is 13.7. The zero-order valence-electron chi connectivity index (χ0n) is 10.6. The average Bonchev–Trinajstić information content (AvgIpc) is 2.35. The van der Waals surface area contributed by atoms with Gasteiger partial charge in [-0.1, -0.05) is 12.8 Å². The molecule has 0 aromatic rings. The van der Waals surface area contributed by atoms with E-state index in [0.29, 0.717) is 6.04 Å². The van der Waals surface area contributed by atoms with E-state index in [-0.39, 0.29) is 6.04 Å². The number of hydrogen-bond acceptors (Lipinski definition) is 3. The Morgan fingerprint density at radius 1 is 1.29 bits per heavy atom. The van der Waals surface area contributed by atoms with Crippen LogP contribution in [0.15, 0.2) is 0 Å². The van der Waals surface area contributed by atoms with Crippen molar-refractivity contribution in [3.63, 3.8) is 0 Å². The fraction of sp³-hybridized carbons (Fsp3) is 0.923. The normalized spacial score (nSPS) is 34.3. The summed E-state index contributed by atoms with van der Waals surface area (Å²) in [5, 5.41) is 9.35. The van der Waals surface area contributed by atoms with Crippen LogP contribution in [-0.2, 0) is 4.79 Å². The van der Waals surface area contributed by atoms with E-state index in [9.17, 15) is 9.90 Å². The van der Waals surface area contributed by atoms with Gasteiger partial charge in [-0.2, -0.15) is 11.8 Å². The minimum atomic E-state index is -0.616. The van der Waals surface area contributed by atoms with Crippen molar-refractivity contribution in [2.45, 2.75) is 50.6 Å². The Kier molecular flexibility index (Phi) is 4.74. The molecule has 2 fully saturated rings. The number of carbonyl (C=O) groups is 1. The third kappa shape index (κ3) is 2.97. The molecule has 1 N–H and O–H groups in total. The number of carboxylic acids is 1. The van der Waals surface area contributed by atoms with Crippen LogP contribution in [0.3, 0.4) is 0 Å².